The summed E-state index contributed by atoms with van der Waals surface area (Å²) in [6.45, 7) is 1.38. The molecule has 0 radical (unpaired) electrons. The lowest BCUT2D eigenvalue weighted by Gasteiger charge is -2.14. The number of nitrogens with zero attached hydrogens (tertiary/aromatic N) is 2. The van der Waals surface area contributed by atoms with Crippen LogP contribution < -0.4 is 14.6 Å². The van der Waals surface area contributed by atoms with Gasteiger partial charge in [-0.05, 0) is 6.92 Å². The van der Waals surface area contributed by atoms with Crippen molar-refractivity contribution in [3.05, 3.63) is 22.2 Å². The Kier molecular flexibility index (Phi) is 4.49. The Morgan fingerprint density at radius 1 is 1.50 bits per heavy atom. The Hall–Kier alpha value is -2.38. The van der Waals surface area contributed by atoms with Crippen LogP contribution in [-0.2, 0) is 10.0 Å². The van der Waals surface area contributed by atoms with Crippen molar-refractivity contribution < 1.29 is 22.8 Å². The molecule has 0 heterocycles. The van der Waals surface area contributed by atoms with Crippen molar-refractivity contribution in [1.29, 1.82) is 5.26 Å². The molecule has 0 fully saturated rings. The summed E-state index contributed by atoms with van der Waals surface area (Å²) in [6, 6.07) is 3.46. The summed E-state index contributed by atoms with van der Waals surface area (Å²) in [4.78, 5) is 9.40. The molecule has 0 aliphatic rings. The van der Waals surface area contributed by atoms with Crippen LogP contribution in [-0.4, -0.2) is 26.6 Å². The fourth-order valence-electron chi connectivity index (χ4n) is 1.39. The van der Waals surface area contributed by atoms with Gasteiger partial charge in [-0.2, -0.15) is 5.26 Å². The number of hydrogen-bond donors (Lipinski definition) is 1. The number of methoxy groups -OCH3 is 1. The Morgan fingerprint density at radius 3 is 2.50 bits per heavy atom. The SMILES string of the molecule is COc1c(OC(C)C#N)cc([N+](=O)[O-])cc1S(N)(=O)=O. The van der Waals surface area contributed by atoms with E-state index in [-0.39, 0.29) is 11.5 Å². The van der Waals surface area contributed by atoms with E-state index < -0.39 is 31.6 Å². The standard InChI is InChI=1S/C10H11N3O6S/c1-6(5-11)19-8-3-7(13(14)15)4-9(10(8)18-2)20(12,16)17/h3-4,6H,1-2H3,(H2,12,16,17). The van der Waals surface area contributed by atoms with E-state index in [1.807, 2.05) is 0 Å². The molecule has 0 aliphatic carbocycles. The second-order valence-corrected chi connectivity index (χ2v) is 5.20. The summed E-state index contributed by atoms with van der Waals surface area (Å²) in [5, 5.41) is 24.5. The van der Waals surface area contributed by atoms with Gasteiger partial charge in [0.1, 0.15) is 11.0 Å². The van der Waals surface area contributed by atoms with Crippen molar-refractivity contribution in [2.75, 3.05) is 7.11 Å². The van der Waals surface area contributed by atoms with E-state index in [0.29, 0.717) is 0 Å². The molecule has 1 rings (SSSR count). The number of ether oxygens (including phenoxy) is 2. The fraction of sp³-hybridized carbons (Fsp3) is 0.300. The number of nitrogens with two attached hydrogens (primary N) is 1. The van der Waals surface area contributed by atoms with Crippen molar-refractivity contribution in [2.24, 2.45) is 5.14 Å². The smallest absolute Gasteiger partial charge is 0.274 e. The van der Waals surface area contributed by atoms with Crippen LogP contribution in [0.4, 0.5) is 5.69 Å². The highest BCUT2D eigenvalue weighted by molar-refractivity contribution is 7.89. The second kappa shape index (κ2) is 5.72. The van der Waals surface area contributed by atoms with Crippen LogP contribution >= 0.6 is 0 Å². The topological polar surface area (TPSA) is 146 Å². The van der Waals surface area contributed by atoms with Gasteiger partial charge < -0.3 is 9.47 Å². The van der Waals surface area contributed by atoms with Gasteiger partial charge in [0, 0.05) is 6.07 Å². The zero-order chi connectivity index (χ0) is 15.5. The van der Waals surface area contributed by atoms with Gasteiger partial charge >= 0.3 is 0 Å². The summed E-state index contributed by atoms with van der Waals surface area (Å²) in [7, 11) is -3.11. The molecule has 9 nitrogen and oxygen atoms in total. The molecule has 0 saturated carbocycles. The van der Waals surface area contributed by atoms with Crippen molar-refractivity contribution in [2.45, 2.75) is 17.9 Å². The third-order valence-electron chi connectivity index (χ3n) is 2.21. The van der Waals surface area contributed by atoms with E-state index in [1.165, 1.54) is 6.92 Å². The highest BCUT2D eigenvalue weighted by Crippen LogP contribution is 2.38. The first kappa shape index (κ1) is 15.7. The second-order valence-electron chi connectivity index (χ2n) is 3.67. The van der Waals surface area contributed by atoms with E-state index in [2.05, 4.69) is 0 Å². The number of hydrogen-bond acceptors (Lipinski definition) is 7. The maximum Gasteiger partial charge on any atom is 0.274 e. The van der Waals surface area contributed by atoms with E-state index in [1.54, 1.807) is 6.07 Å². The summed E-state index contributed by atoms with van der Waals surface area (Å²) in [5.41, 5.74) is -0.546. The van der Waals surface area contributed by atoms with Crippen LogP contribution in [0.5, 0.6) is 11.5 Å². The van der Waals surface area contributed by atoms with Crippen molar-refractivity contribution in [1.82, 2.24) is 0 Å². The first-order chi connectivity index (χ1) is 9.20. The highest BCUT2D eigenvalue weighted by atomic mass is 32.2. The predicted molar refractivity (Wildman–Crippen MR) is 66.7 cm³/mol. The molecule has 0 aromatic heterocycles. The molecule has 0 saturated heterocycles. The number of nitro groups is 1. The zero-order valence-corrected chi connectivity index (χ0v) is 11.4. The Morgan fingerprint density at radius 2 is 2.10 bits per heavy atom. The molecule has 1 aromatic rings. The quantitative estimate of drug-likeness (QED) is 0.616. The number of nitriles is 1. The third kappa shape index (κ3) is 3.34. The molecule has 108 valence electrons. The van der Waals surface area contributed by atoms with Crippen LogP contribution in [0.3, 0.4) is 0 Å². The van der Waals surface area contributed by atoms with Gasteiger partial charge in [0.15, 0.2) is 17.6 Å². The van der Waals surface area contributed by atoms with Crippen molar-refractivity contribution >= 4 is 15.7 Å². The van der Waals surface area contributed by atoms with Crippen LogP contribution in [0.2, 0.25) is 0 Å². The van der Waals surface area contributed by atoms with E-state index >= 15 is 0 Å². The van der Waals surface area contributed by atoms with Crippen LogP contribution in [0.25, 0.3) is 0 Å². The lowest BCUT2D eigenvalue weighted by molar-refractivity contribution is -0.385. The molecule has 0 aliphatic heterocycles. The van der Waals surface area contributed by atoms with E-state index in [0.717, 1.165) is 19.2 Å². The molecule has 2 N–H and O–H groups in total. The lowest BCUT2D eigenvalue weighted by atomic mass is 10.2. The number of rotatable bonds is 5. The molecule has 0 spiro atoms. The molecule has 1 unspecified atom stereocenters. The van der Waals surface area contributed by atoms with E-state index in [4.69, 9.17) is 19.9 Å². The maximum absolute atomic E-state index is 11.4. The molecule has 0 amide bonds. The van der Waals surface area contributed by atoms with Crippen molar-refractivity contribution in [3.8, 4) is 17.6 Å². The third-order valence-corrected chi connectivity index (χ3v) is 3.13. The average Bonchev–Trinajstić information content (AvgIpc) is 2.36. The zero-order valence-electron chi connectivity index (χ0n) is 10.6. The molecule has 20 heavy (non-hydrogen) atoms. The van der Waals surface area contributed by atoms with Gasteiger partial charge in [0.25, 0.3) is 5.69 Å². The number of benzene rings is 1. The number of non-ortho nitro benzene ring substituents is 1. The molecular formula is C10H11N3O6S. The minimum absolute atomic E-state index is 0.250. The molecular weight excluding hydrogens is 290 g/mol. The Labute approximate surface area is 114 Å². The van der Waals surface area contributed by atoms with Gasteiger partial charge in [0.2, 0.25) is 10.0 Å². The lowest BCUT2D eigenvalue weighted by Crippen LogP contribution is -2.16. The molecule has 1 atom stereocenters. The normalized spacial score (nSPS) is 12.3. The largest absolute Gasteiger partial charge is 0.492 e. The van der Waals surface area contributed by atoms with Gasteiger partial charge in [0.05, 0.1) is 18.1 Å². The minimum atomic E-state index is -4.26. The molecule has 0 bridgehead atoms. The molecule has 10 heteroatoms. The monoisotopic (exact) mass is 301 g/mol. The Bertz CT molecular complexity index is 679. The average molecular weight is 301 g/mol. The van der Waals surface area contributed by atoms with Gasteiger partial charge in [-0.15, -0.1) is 0 Å². The van der Waals surface area contributed by atoms with Crippen LogP contribution in [0, 0.1) is 21.4 Å². The number of nitro benzene ring substituents is 1. The van der Waals surface area contributed by atoms with Crippen LogP contribution in [0.15, 0.2) is 17.0 Å². The summed E-state index contributed by atoms with van der Waals surface area (Å²) in [6.07, 6.45) is -0.959. The summed E-state index contributed by atoms with van der Waals surface area (Å²) >= 11 is 0. The van der Waals surface area contributed by atoms with Gasteiger partial charge in [-0.3, -0.25) is 10.1 Å². The predicted octanol–water partition coefficient (Wildman–Crippen LogP) is 0.542. The van der Waals surface area contributed by atoms with Gasteiger partial charge in [-0.25, -0.2) is 13.6 Å². The van der Waals surface area contributed by atoms with E-state index in [9.17, 15) is 18.5 Å². The first-order valence-corrected chi connectivity index (χ1v) is 6.70. The fourth-order valence-corrected chi connectivity index (χ4v) is 2.11. The minimum Gasteiger partial charge on any atom is -0.492 e. The number of primary sulfonamides is 1. The summed E-state index contributed by atoms with van der Waals surface area (Å²) < 4.78 is 32.9. The maximum atomic E-state index is 11.4. The van der Waals surface area contributed by atoms with Gasteiger partial charge in [-0.1, -0.05) is 0 Å². The van der Waals surface area contributed by atoms with Crippen molar-refractivity contribution in [3.63, 3.8) is 0 Å². The Balaban J connectivity index is 3.60. The summed E-state index contributed by atoms with van der Waals surface area (Å²) in [5.74, 6) is -0.542. The highest BCUT2D eigenvalue weighted by Gasteiger charge is 2.25. The number of sulfonamides is 1. The first-order valence-electron chi connectivity index (χ1n) is 5.16. The molecule has 1 aromatic carbocycles. The van der Waals surface area contributed by atoms with Crippen LogP contribution in [0.1, 0.15) is 6.92 Å².